The fraction of sp³-hybridized carbons (Fsp3) is 0.200. The Morgan fingerprint density at radius 1 is 1.40 bits per heavy atom. The number of aliphatic hydroxyl groups excluding tert-OH is 1. The van der Waals surface area contributed by atoms with E-state index in [1.807, 2.05) is 6.07 Å². The van der Waals surface area contributed by atoms with Gasteiger partial charge in [-0.05, 0) is 6.07 Å². The van der Waals surface area contributed by atoms with Crippen LogP contribution in [0.2, 0.25) is 5.02 Å². The van der Waals surface area contributed by atoms with Crippen molar-refractivity contribution in [2.45, 2.75) is 6.54 Å². The molecule has 0 unspecified atom stereocenters. The molecule has 0 amide bonds. The van der Waals surface area contributed by atoms with Gasteiger partial charge in [-0.2, -0.15) is 10.1 Å². The van der Waals surface area contributed by atoms with Gasteiger partial charge in [-0.1, -0.05) is 29.8 Å². The molecule has 0 fully saturated rings. The second-order valence-electron chi connectivity index (χ2n) is 5.19. The molecule has 130 valence electrons. The lowest BCUT2D eigenvalue weighted by molar-refractivity contribution is 0.278. The van der Waals surface area contributed by atoms with Gasteiger partial charge in [-0.25, -0.2) is 10.2 Å². The second kappa shape index (κ2) is 6.91. The predicted molar refractivity (Wildman–Crippen MR) is 95.3 cm³/mol. The number of anilines is 1. The van der Waals surface area contributed by atoms with Gasteiger partial charge in [0.05, 0.1) is 12.8 Å². The zero-order chi connectivity index (χ0) is 18.0. The average molecular weight is 363 g/mol. The normalized spacial score (nSPS) is 11.5. The zero-order valence-electron chi connectivity index (χ0n) is 13.2. The number of nitrogens with zero attached hydrogens (tertiary/aromatic N) is 4. The zero-order valence-corrected chi connectivity index (χ0v) is 14.0. The largest absolute Gasteiger partial charge is 0.395 e. The molecule has 2 heterocycles. The third kappa shape index (κ3) is 3.19. The third-order valence-electron chi connectivity index (χ3n) is 3.60. The number of hydrazone groups is 1. The molecule has 0 radical (unpaired) electrons. The van der Waals surface area contributed by atoms with Crippen molar-refractivity contribution < 1.29 is 5.11 Å². The quantitative estimate of drug-likeness (QED) is 0.451. The molecule has 0 aliphatic heterocycles. The van der Waals surface area contributed by atoms with Crippen molar-refractivity contribution in [1.82, 2.24) is 19.1 Å². The van der Waals surface area contributed by atoms with E-state index in [0.29, 0.717) is 10.6 Å². The van der Waals surface area contributed by atoms with Crippen molar-refractivity contribution in [2.75, 3.05) is 12.0 Å². The van der Waals surface area contributed by atoms with Gasteiger partial charge in [0.15, 0.2) is 11.2 Å². The van der Waals surface area contributed by atoms with Crippen LogP contribution in [0.4, 0.5) is 5.95 Å². The lowest BCUT2D eigenvalue weighted by Gasteiger charge is -2.05. The first kappa shape index (κ1) is 16.9. The summed E-state index contributed by atoms with van der Waals surface area (Å²) in [6, 6.07) is 7.15. The lowest BCUT2D eigenvalue weighted by atomic mass is 10.2. The van der Waals surface area contributed by atoms with Crippen LogP contribution in [0.3, 0.4) is 0 Å². The maximum atomic E-state index is 12.1. The van der Waals surface area contributed by atoms with Crippen LogP contribution in [0.5, 0.6) is 0 Å². The number of aliphatic hydroxyl groups is 1. The highest BCUT2D eigenvalue weighted by Crippen LogP contribution is 2.16. The molecule has 9 nitrogen and oxygen atoms in total. The van der Waals surface area contributed by atoms with Crippen LogP contribution in [0.1, 0.15) is 5.56 Å². The minimum atomic E-state index is -0.581. The molecule has 0 spiro atoms. The highest BCUT2D eigenvalue weighted by Gasteiger charge is 2.16. The number of H-pyrrole nitrogens is 1. The lowest BCUT2D eigenvalue weighted by Crippen LogP contribution is -2.29. The van der Waals surface area contributed by atoms with Gasteiger partial charge in [0.25, 0.3) is 5.56 Å². The van der Waals surface area contributed by atoms with Crippen LogP contribution >= 0.6 is 11.6 Å². The predicted octanol–water partition coefficient (Wildman–Crippen LogP) is 0.515. The molecule has 10 heteroatoms. The Kier molecular flexibility index (Phi) is 4.68. The van der Waals surface area contributed by atoms with E-state index in [1.165, 1.54) is 22.4 Å². The summed E-state index contributed by atoms with van der Waals surface area (Å²) in [4.78, 5) is 30.3. The van der Waals surface area contributed by atoms with Crippen LogP contribution in [0.15, 0.2) is 39.0 Å². The number of hydrogen-bond donors (Lipinski definition) is 3. The monoisotopic (exact) mass is 362 g/mol. The summed E-state index contributed by atoms with van der Waals surface area (Å²) in [6.07, 6.45) is 1.51. The molecule has 0 bridgehead atoms. The summed E-state index contributed by atoms with van der Waals surface area (Å²) >= 11 is 6.05. The molecule has 0 aliphatic rings. The molecule has 2 aromatic heterocycles. The van der Waals surface area contributed by atoms with E-state index < -0.39 is 11.2 Å². The summed E-state index contributed by atoms with van der Waals surface area (Å²) < 4.78 is 2.67. The number of halogens is 1. The number of aryl methyl sites for hydroxylation is 1. The second-order valence-corrected chi connectivity index (χ2v) is 5.60. The molecule has 0 atom stereocenters. The highest BCUT2D eigenvalue weighted by molar-refractivity contribution is 6.33. The summed E-state index contributed by atoms with van der Waals surface area (Å²) in [5.41, 5.74) is 2.63. The molecule has 0 aliphatic carbocycles. The van der Waals surface area contributed by atoms with Crippen LogP contribution in [-0.4, -0.2) is 37.0 Å². The maximum absolute atomic E-state index is 12.1. The topological polar surface area (TPSA) is 117 Å². The minimum Gasteiger partial charge on any atom is -0.395 e. The van der Waals surface area contributed by atoms with Gasteiger partial charge in [-0.15, -0.1) is 0 Å². The number of imidazole rings is 1. The Morgan fingerprint density at radius 3 is 2.88 bits per heavy atom. The number of aromatic amines is 1. The molecule has 3 N–H and O–H groups in total. The summed E-state index contributed by atoms with van der Waals surface area (Å²) in [7, 11) is 1.49. The van der Waals surface area contributed by atoms with Gasteiger partial charge in [0.1, 0.15) is 0 Å². The molecule has 25 heavy (non-hydrogen) atoms. The smallest absolute Gasteiger partial charge is 0.329 e. The molecule has 1 aromatic carbocycles. The number of fused-ring (bicyclic) bond motifs is 1. The SMILES string of the molecule is Cn1c(=O)[nH]c(=O)c2c1nc(N/N=C\c1ccccc1Cl)n2CCO. The first-order chi connectivity index (χ1) is 12.0. The number of hydrogen-bond acceptors (Lipinski definition) is 6. The summed E-state index contributed by atoms with van der Waals surface area (Å²) in [5, 5.41) is 13.9. The van der Waals surface area contributed by atoms with Gasteiger partial charge < -0.3 is 9.67 Å². The fourth-order valence-electron chi connectivity index (χ4n) is 2.38. The van der Waals surface area contributed by atoms with Crippen LogP contribution < -0.4 is 16.7 Å². The van der Waals surface area contributed by atoms with Crippen molar-refractivity contribution in [3.8, 4) is 0 Å². The van der Waals surface area contributed by atoms with Crippen molar-refractivity contribution >= 4 is 34.9 Å². The van der Waals surface area contributed by atoms with E-state index in [9.17, 15) is 14.7 Å². The van der Waals surface area contributed by atoms with E-state index in [0.717, 1.165) is 0 Å². The first-order valence-corrected chi connectivity index (χ1v) is 7.74. The Labute approximate surface area is 146 Å². The molecule has 3 rings (SSSR count). The number of benzene rings is 1. The minimum absolute atomic E-state index is 0.113. The number of aromatic nitrogens is 4. The van der Waals surface area contributed by atoms with Gasteiger partial charge >= 0.3 is 5.69 Å². The highest BCUT2D eigenvalue weighted by atomic mass is 35.5. The van der Waals surface area contributed by atoms with Crippen LogP contribution in [0.25, 0.3) is 11.2 Å². The van der Waals surface area contributed by atoms with Gasteiger partial charge in [0.2, 0.25) is 5.95 Å². The van der Waals surface area contributed by atoms with E-state index in [-0.39, 0.29) is 30.3 Å². The summed E-state index contributed by atoms with van der Waals surface area (Å²) in [5.74, 6) is 0.221. The van der Waals surface area contributed by atoms with Crippen LogP contribution in [0, 0.1) is 0 Å². The molecular formula is C15H15ClN6O3. The van der Waals surface area contributed by atoms with Gasteiger partial charge in [0, 0.05) is 24.2 Å². The molecule has 0 saturated heterocycles. The Bertz CT molecular complexity index is 1070. The molecule has 0 saturated carbocycles. The molecular weight excluding hydrogens is 348 g/mol. The Morgan fingerprint density at radius 2 is 2.16 bits per heavy atom. The van der Waals surface area contributed by atoms with Crippen molar-refractivity contribution in [2.24, 2.45) is 12.1 Å². The standard InChI is InChI=1S/C15H15ClN6O3/c1-21-12-11(13(24)19-15(21)25)22(6-7-23)14(18-12)20-17-8-9-4-2-3-5-10(9)16/h2-5,8,23H,6-7H2,1H3,(H,18,20)(H,19,24,25)/b17-8-. The number of nitrogens with one attached hydrogen (secondary N) is 2. The van der Waals surface area contributed by atoms with Crippen molar-refractivity contribution in [3.63, 3.8) is 0 Å². The van der Waals surface area contributed by atoms with E-state index >= 15 is 0 Å². The Balaban J connectivity index is 2.04. The fourth-order valence-corrected chi connectivity index (χ4v) is 2.56. The maximum Gasteiger partial charge on any atom is 0.329 e. The van der Waals surface area contributed by atoms with Gasteiger partial charge in [-0.3, -0.25) is 14.3 Å². The van der Waals surface area contributed by atoms with Crippen molar-refractivity contribution in [3.05, 3.63) is 55.7 Å². The van der Waals surface area contributed by atoms with Crippen molar-refractivity contribution in [1.29, 1.82) is 0 Å². The molecule has 3 aromatic rings. The van der Waals surface area contributed by atoms with Crippen LogP contribution in [-0.2, 0) is 13.6 Å². The first-order valence-electron chi connectivity index (χ1n) is 7.37. The Hall–Kier alpha value is -2.91. The summed E-state index contributed by atoms with van der Waals surface area (Å²) in [6.45, 7) is -0.0988. The average Bonchev–Trinajstić information content (AvgIpc) is 2.94. The van der Waals surface area contributed by atoms with E-state index in [2.05, 4.69) is 20.5 Å². The number of rotatable bonds is 5. The van der Waals surface area contributed by atoms with E-state index in [4.69, 9.17) is 11.6 Å². The van der Waals surface area contributed by atoms with E-state index in [1.54, 1.807) is 18.2 Å². The third-order valence-corrected chi connectivity index (χ3v) is 3.95.